The third kappa shape index (κ3) is 1.72. The number of rotatable bonds is 3. The zero-order valence-corrected chi connectivity index (χ0v) is 11.3. The zero-order chi connectivity index (χ0) is 14.3. The molecule has 0 fully saturated rings. The molecule has 2 aromatic rings. The van der Waals surface area contributed by atoms with Crippen LogP contribution in [-0.2, 0) is 12.8 Å². The number of aromatic amines is 1. The van der Waals surface area contributed by atoms with E-state index < -0.39 is 5.91 Å². The zero-order valence-electron chi connectivity index (χ0n) is 11.3. The Hall–Kier alpha value is -2.50. The van der Waals surface area contributed by atoms with Crippen LogP contribution in [0.3, 0.4) is 0 Å². The second kappa shape index (κ2) is 4.56. The lowest BCUT2D eigenvalue weighted by molar-refractivity contribution is 0.0994. The minimum atomic E-state index is -0.484. The van der Waals surface area contributed by atoms with Gasteiger partial charge in [0.1, 0.15) is 5.69 Å². The highest BCUT2D eigenvalue weighted by atomic mass is 16.5. The lowest BCUT2D eigenvalue weighted by atomic mass is 9.88. The number of nitrogens with one attached hydrogen (secondary N) is 1. The molecule has 0 saturated heterocycles. The summed E-state index contributed by atoms with van der Waals surface area (Å²) in [5.74, 6) is 0.853. The summed E-state index contributed by atoms with van der Waals surface area (Å²) in [7, 11) is 3.20. The van der Waals surface area contributed by atoms with Crippen LogP contribution in [0.25, 0.3) is 11.3 Å². The van der Waals surface area contributed by atoms with E-state index in [1.165, 1.54) is 0 Å². The molecule has 0 spiro atoms. The minimum Gasteiger partial charge on any atom is -0.493 e. The Bertz CT molecular complexity index is 691. The van der Waals surface area contributed by atoms with E-state index in [4.69, 9.17) is 15.2 Å². The number of nitrogens with zero attached hydrogens (tertiary/aromatic N) is 1. The number of aromatic nitrogens is 2. The molecule has 0 bridgehead atoms. The van der Waals surface area contributed by atoms with Crippen molar-refractivity contribution in [1.29, 1.82) is 0 Å². The molecule has 0 aliphatic heterocycles. The molecule has 3 rings (SSSR count). The van der Waals surface area contributed by atoms with Crippen molar-refractivity contribution < 1.29 is 14.3 Å². The molecule has 1 aromatic heterocycles. The molecule has 0 unspecified atom stereocenters. The average molecular weight is 273 g/mol. The van der Waals surface area contributed by atoms with Crippen molar-refractivity contribution in [3.05, 3.63) is 29.0 Å². The van der Waals surface area contributed by atoms with Crippen LogP contribution in [0.5, 0.6) is 11.5 Å². The van der Waals surface area contributed by atoms with Gasteiger partial charge in [0, 0.05) is 11.1 Å². The lowest BCUT2D eigenvalue weighted by Gasteiger charge is -2.18. The molecule has 1 aliphatic rings. The van der Waals surface area contributed by atoms with Gasteiger partial charge in [0.2, 0.25) is 0 Å². The number of methoxy groups -OCH3 is 2. The summed E-state index contributed by atoms with van der Waals surface area (Å²) in [5, 5.41) is 6.95. The maximum atomic E-state index is 11.4. The van der Waals surface area contributed by atoms with Crippen LogP contribution in [0.1, 0.15) is 21.6 Å². The number of carbonyl (C=O) groups excluding carboxylic acids is 1. The van der Waals surface area contributed by atoms with E-state index in [-0.39, 0.29) is 0 Å². The standard InChI is InChI=1S/C14H15N3O3/c1-19-10-5-7-3-4-8-12(9(7)6-11(10)20-2)16-17-13(8)14(15)18/h5-6H,3-4H2,1-2H3,(H2,15,18)(H,16,17). The topological polar surface area (TPSA) is 90.2 Å². The van der Waals surface area contributed by atoms with Crippen LogP contribution in [0.4, 0.5) is 0 Å². The number of fused-ring (bicyclic) bond motifs is 3. The van der Waals surface area contributed by atoms with E-state index in [1.807, 2.05) is 12.1 Å². The van der Waals surface area contributed by atoms with Crippen molar-refractivity contribution in [3.63, 3.8) is 0 Å². The first-order valence-corrected chi connectivity index (χ1v) is 6.28. The van der Waals surface area contributed by atoms with Crippen molar-refractivity contribution in [3.8, 4) is 22.8 Å². The summed E-state index contributed by atoms with van der Waals surface area (Å²) in [6.07, 6.45) is 1.54. The highest BCUT2D eigenvalue weighted by molar-refractivity contribution is 5.94. The van der Waals surface area contributed by atoms with Crippen LogP contribution in [0, 0.1) is 0 Å². The van der Waals surface area contributed by atoms with Gasteiger partial charge in [-0.15, -0.1) is 0 Å². The number of H-pyrrole nitrogens is 1. The molecule has 0 radical (unpaired) electrons. The fraction of sp³-hybridized carbons (Fsp3) is 0.286. The van der Waals surface area contributed by atoms with Gasteiger partial charge < -0.3 is 15.2 Å². The van der Waals surface area contributed by atoms with E-state index >= 15 is 0 Å². The molecule has 0 atom stereocenters. The van der Waals surface area contributed by atoms with Crippen molar-refractivity contribution in [2.45, 2.75) is 12.8 Å². The maximum Gasteiger partial charge on any atom is 0.267 e. The summed E-state index contributed by atoms with van der Waals surface area (Å²) in [5.41, 5.74) is 9.45. The van der Waals surface area contributed by atoms with Gasteiger partial charge in [0.15, 0.2) is 11.5 Å². The average Bonchev–Trinajstić information content (AvgIpc) is 2.90. The summed E-state index contributed by atoms with van der Waals surface area (Å²) in [6, 6.07) is 3.84. The normalized spacial score (nSPS) is 12.5. The van der Waals surface area contributed by atoms with Gasteiger partial charge in [-0.3, -0.25) is 9.89 Å². The molecule has 6 nitrogen and oxygen atoms in total. The van der Waals surface area contributed by atoms with Crippen molar-refractivity contribution >= 4 is 5.91 Å². The van der Waals surface area contributed by atoms with Crippen LogP contribution in [-0.4, -0.2) is 30.3 Å². The largest absolute Gasteiger partial charge is 0.493 e. The quantitative estimate of drug-likeness (QED) is 0.881. The van der Waals surface area contributed by atoms with Crippen LogP contribution < -0.4 is 15.2 Å². The Kier molecular flexibility index (Phi) is 2.85. The van der Waals surface area contributed by atoms with Gasteiger partial charge in [0.25, 0.3) is 5.91 Å². The smallest absolute Gasteiger partial charge is 0.267 e. The number of primary amides is 1. The number of amides is 1. The molecule has 0 saturated carbocycles. The molecule has 1 amide bonds. The molecule has 20 heavy (non-hydrogen) atoms. The monoisotopic (exact) mass is 273 g/mol. The van der Waals surface area contributed by atoms with Crippen LogP contribution >= 0.6 is 0 Å². The Morgan fingerprint density at radius 1 is 1.25 bits per heavy atom. The van der Waals surface area contributed by atoms with Gasteiger partial charge in [-0.25, -0.2) is 0 Å². The van der Waals surface area contributed by atoms with Gasteiger partial charge in [0.05, 0.1) is 19.9 Å². The second-order valence-corrected chi connectivity index (χ2v) is 4.65. The number of benzene rings is 1. The first kappa shape index (κ1) is 12.5. The summed E-state index contributed by atoms with van der Waals surface area (Å²) in [6.45, 7) is 0. The number of hydrogen-bond acceptors (Lipinski definition) is 4. The Balaban J connectivity index is 2.19. The van der Waals surface area contributed by atoms with Gasteiger partial charge in [-0.1, -0.05) is 0 Å². The first-order valence-electron chi connectivity index (χ1n) is 6.28. The second-order valence-electron chi connectivity index (χ2n) is 4.65. The lowest BCUT2D eigenvalue weighted by Crippen LogP contribution is -2.15. The highest BCUT2D eigenvalue weighted by Crippen LogP contribution is 2.40. The molecule has 1 heterocycles. The molecular weight excluding hydrogens is 258 g/mol. The molecule has 6 heteroatoms. The minimum absolute atomic E-state index is 0.389. The SMILES string of the molecule is COc1cc2c(cc1OC)-c1n[nH]c(C(N)=O)c1CC2. The molecule has 1 aromatic carbocycles. The third-order valence-corrected chi connectivity index (χ3v) is 3.62. The van der Waals surface area contributed by atoms with E-state index in [1.54, 1.807) is 14.2 Å². The molecular formula is C14H15N3O3. The maximum absolute atomic E-state index is 11.4. The number of aryl methyl sites for hydroxylation is 1. The highest BCUT2D eigenvalue weighted by Gasteiger charge is 2.25. The predicted molar refractivity (Wildman–Crippen MR) is 73.1 cm³/mol. The number of ether oxygens (including phenoxy) is 2. The fourth-order valence-corrected chi connectivity index (χ4v) is 2.64. The van der Waals surface area contributed by atoms with Crippen molar-refractivity contribution in [2.24, 2.45) is 5.73 Å². The van der Waals surface area contributed by atoms with E-state index in [0.717, 1.165) is 35.2 Å². The van der Waals surface area contributed by atoms with Crippen LogP contribution in [0.2, 0.25) is 0 Å². The summed E-state index contributed by atoms with van der Waals surface area (Å²) < 4.78 is 10.6. The Labute approximate surface area is 115 Å². The van der Waals surface area contributed by atoms with Crippen LogP contribution in [0.15, 0.2) is 12.1 Å². The first-order chi connectivity index (χ1) is 9.65. The van der Waals surface area contributed by atoms with E-state index in [2.05, 4.69) is 10.2 Å². The Morgan fingerprint density at radius 3 is 2.60 bits per heavy atom. The molecule has 3 N–H and O–H groups in total. The predicted octanol–water partition coefficient (Wildman–Crippen LogP) is 1.29. The molecule has 104 valence electrons. The number of hydrogen-bond donors (Lipinski definition) is 2. The van der Waals surface area contributed by atoms with Crippen molar-refractivity contribution in [1.82, 2.24) is 10.2 Å². The van der Waals surface area contributed by atoms with Gasteiger partial charge in [-0.2, -0.15) is 5.10 Å². The third-order valence-electron chi connectivity index (χ3n) is 3.62. The number of nitrogens with two attached hydrogens (primary N) is 1. The van der Waals surface area contributed by atoms with Crippen molar-refractivity contribution in [2.75, 3.05) is 14.2 Å². The Morgan fingerprint density at radius 2 is 1.95 bits per heavy atom. The summed E-state index contributed by atoms with van der Waals surface area (Å²) in [4.78, 5) is 11.4. The number of carbonyl (C=O) groups is 1. The summed E-state index contributed by atoms with van der Waals surface area (Å²) >= 11 is 0. The van der Waals surface area contributed by atoms with E-state index in [9.17, 15) is 4.79 Å². The van der Waals surface area contributed by atoms with Gasteiger partial charge in [-0.05, 0) is 30.5 Å². The van der Waals surface area contributed by atoms with Gasteiger partial charge >= 0.3 is 0 Å². The van der Waals surface area contributed by atoms with E-state index in [0.29, 0.717) is 17.2 Å². The fourth-order valence-electron chi connectivity index (χ4n) is 2.64. The molecule has 1 aliphatic carbocycles.